The number of nitrogens with zero attached hydrogens (tertiary/aromatic N) is 2. The number of benzene rings is 1. The maximum atomic E-state index is 13.6. The second-order valence-corrected chi connectivity index (χ2v) is 7.09. The Morgan fingerprint density at radius 3 is 2.68 bits per heavy atom. The van der Waals surface area contributed by atoms with Gasteiger partial charge in [0.15, 0.2) is 0 Å². The van der Waals surface area contributed by atoms with Crippen molar-refractivity contribution in [1.82, 2.24) is 14.8 Å². The van der Waals surface area contributed by atoms with Crippen LogP contribution in [0.25, 0.3) is 10.9 Å². The van der Waals surface area contributed by atoms with Crippen molar-refractivity contribution in [3.8, 4) is 0 Å². The zero-order valence-electron chi connectivity index (χ0n) is 14.3. The molecule has 1 unspecified atom stereocenters. The topological polar surface area (TPSA) is 56.4 Å². The molecule has 0 saturated carbocycles. The number of hydrogen-bond acceptors (Lipinski definition) is 2. The number of H-pyrrole nitrogens is 1. The van der Waals surface area contributed by atoms with Gasteiger partial charge in [-0.1, -0.05) is 0 Å². The number of aromatic nitrogens is 1. The number of aromatic amines is 1. The summed E-state index contributed by atoms with van der Waals surface area (Å²) in [5.41, 5.74) is 2.08. The summed E-state index contributed by atoms with van der Waals surface area (Å²) < 4.78 is 13.6. The minimum atomic E-state index is -0.300. The first-order chi connectivity index (χ1) is 12.0. The number of fused-ring (bicyclic) bond motifs is 1. The standard InChI is InChI=1S/C19H22FN3O2/c1-22-17(4-5-18(22)24)19(25)23-8-6-12(7-9-23)15-11-21-16-3-2-13(20)10-14(15)16/h2-3,10-12,17,21H,4-9H2,1H3. The van der Waals surface area contributed by atoms with E-state index in [1.54, 1.807) is 24.1 Å². The van der Waals surface area contributed by atoms with E-state index in [-0.39, 0.29) is 23.7 Å². The molecule has 2 aromatic rings. The first kappa shape index (κ1) is 16.1. The number of likely N-dealkylation sites (tertiary alicyclic amines) is 2. The molecule has 0 spiro atoms. The van der Waals surface area contributed by atoms with Crippen LogP contribution in [0.15, 0.2) is 24.4 Å². The summed E-state index contributed by atoms with van der Waals surface area (Å²) in [7, 11) is 1.71. The van der Waals surface area contributed by atoms with Crippen LogP contribution in [-0.2, 0) is 9.59 Å². The average Bonchev–Trinajstić information content (AvgIpc) is 3.18. The molecule has 2 aliphatic heterocycles. The van der Waals surface area contributed by atoms with E-state index >= 15 is 0 Å². The Kier molecular flexibility index (Phi) is 3.98. The molecule has 0 bridgehead atoms. The van der Waals surface area contributed by atoms with Crippen LogP contribution in [0.1, 0.15) is 37.2 Å². The fourth-order valence-corrected chi connectivity index (χ4v) is 4.17. The number of carbonyl (C=O) groups is 2. The molecule has 2 fully saturated rings. The van der Waals surface area contributed by atoms with Gasteiger partial charge < -0.3 is 14.8 Å². The second kappa shape index (κ2) is 6.17. The highest BCUT2D eigenvalue weighted by atomic mass is 19.1. The van der Waals surface area contributed by atoms with E-state index in [1.165, 1.54) is 6.07 Å². The maximum absolute atomic E-state index is 13.6. The van der Waals surface area contributed by atoms with E-state index in [0.29, 0.717) is 31.8 Å². The van der Waals surface area contributed by atoms with E-state index in [2.05, 4.69) is 4.98 Å². The predicted octanol–water partition coefficient (Wildman–Crippen LogP) is 2.63. The van der Waals surface area contributed by atoms with E-state index in [9.17, 15) is 14.0 Å². The van der Waals surface area contributed by atoms with Gasteiger partial charge in [0.1, 0.15) is 11.9 Å². The van der Waals surface area contributed by atoms with E-state index in [1.807, 2.05) is 11.1 Å². The van der Waals surface area contributed by atoms with Gasteiger partial charge in [0.2, 0.25) is 11.8 Å². The van der Waals surface area contributed by atoms with Crippen molar-refractivity contribution in [1.29, 1.82) is 0 Å². The summed E-state index contributed by atoms with van der Waals surface area (Å²) in [6.45, 7) is 1.37. The molecule has 0 radical (unpaired) electrons. The zero-order valence-corrected chi connectivity index (χ0v) is 14.3. The van der Waals surface area contributed by atoms with Crippen molar-refractivity contribution in [3.63, 3.8) is 0 Å². The van der Waals surface area contributed by atoms with Gasteiger partial charge in [0.05, 0.1) is 0 Å². The van der Waals surface area contributed by atoms with Crippen molar-refractivity contribution in [3.05, 3.63) is 35.8 Å². The molecule has 0 aliphatic carbocycles. The van der Waals surface area contributed by atoms with Gasteiger partial charge in [-0.05, 0) is 48.9 Å². The number of carbonyl (C=O) groups excluding carboxylic acids is 2. The molecular weight excluding hydrogens is 321 g/mol. The molecule has 1 aromatic carbocycles. The van der Waals surface area contributed by atoms with Crippen molar-refractivity contribution in [2.24, 2.45) is 0 Å². The molecular formula is C19H22FN3O2. The van der Waals surface area contributed by atoms with Gasteiger partial charge >= 0.3 is 0 Å². The van der Waals surface area contributed by atoms with E-state index in [0.717, 1.165) is 29.3 Å². The maximum Gasteiger partial charge on any atom is 0.245 e. The first-order valence-electron chi connectivity index (χ1n) is 8.85. The van der Waals surface area contributed by atoms with Crippen LogP contribution < -0.4 is 0 Å². The number of rotatable bonds is 2. The molecule has 2 saturated heterocycles. The molecule has 2 aliphatic rings. The van der Waals surface area contributed by atoms with Crippen LogP contribution in [0.5, 0.6) is 0 Å². The highest BCUT2D eigenvalue weighted by Crippen LogP contribution is 2.34. The largest absolute Gasteiger partial charge is 0.361 e. The highest BCUT2D eigenvalue weighted by Gasteiger charge is 2.37. The molecule has 6 heteroatoms. The predicted molar refractivity (Wildman–Crippen MR) is 92.6 cm³/mol. The zero-order chi connectivity index (χ0) is 17.6. The Morgan fingerprint density at radius 2 is 2.00 bits per heavy atom. The highest BCUT2D eigenvalue weighted by molar-refractivity contribution is 5.91. The Labute approximate surface area is 145 Å². The van der Waals surface area contributed by atoms with E-state index in [4.69, 9.17) is 0 Å². The fraction of sp³-hybridized carbons (Fsp3) is 0.474. The molecule has 3 heterocycles. The van der Waals surface area contributed by atoms with Crippen molar-refractivity contribution in [2.75, 3.05) is 20.1 Å². The number of halogens is 1. The lowest BCUT2D eigenvalue weighted by Gasteiger charge is -2.34. The average molecular weight is 343 g/mol. The summed E-state index contributed by atoms with van der Waals surface area (Å²) in [6, 6.07) is 4.51. The molecule has 1 atom stereocenters. The normalized spacial score (nSPS) is 22.2. The minimum absolute atomic E-state index is 0.0501. The van der Waals surface area contributed by atoms with E-state index < -0.39 is 0 Å². The molecule has 25 heavy (non-hydrogen) atoms. The summed E-state index contributed by atoms with van der Waals surface area (Å²) in [5, 5.41) is 0.936. The van der Waals surface area contributed by atoms with Gasteiger partial charge in [-0.25, -0.2) is 4.39 Å². The van der Waals surface area contributed by atoms with Crippen LogP contribution in [0, 0.1) is 5.82 Å². The molecule has 5 nitrogen and oxygen atoms in total. The summed E-state index contributed by atoms with van der Waals surface area (Å²) in [6.07, 6.45) is 4.77. The van der Waals surface area contributed by atoms with Gasteiger partial charge in [-0.15, -0.1) is 0 Å². The lowest BCUT2D eigenvalue weighted by Crippen LogP contribution is -2.47. The third-order valence-electron chi connectivity index (χ3n) is 5.70. The van der Waals surface area contributed by atoms with Gasteiger partial charge in [0.25, 0.3) is 0 Å². The van der Waals surface area contributed by atoms with Gasteiger partial charge in [0, 0.05) is 43.7 Å². The summed E-state index contributed by atoms with van der Waals surface area (Å²) in [4.78, 5) is 31.0. The van der Waals surface area contributed by atoms with Crippen LogP contribution >= 0.6 is 0 Å². The van der Waals surface area contributed by atoms with Crippen LogP contribution in [0.4, 0.5) is 4.39 Å². The van der Waals surface area contributed by atoms with Crippen molar-refractivity contribution < 1.29 is 14.0 Å². The minimum Gasteiger partial charge on any atom is -0.361 e. The molecule has 4 rings (SSSR count). The van der Waals surface area contributed by atoms with Crippen LogP contribution in [0.2, 0.25) is 0 Å². The number of likely N-dealkylation sites (N-methyl/N-ethyl adjacent to an activating group) is 1. The number of hydrogen-bond donors (Lipinski definition) is 1. The Balaban J connectivity index is 1.45. The fourth-order valence-electron chi connectivity index (χ4n) is 4.17. The molecule has 132 valence electrons. The summed E-state index contributed by atoms with van der Waals surface area (Å²) in [5.74, 6) is 0.211. The molecule has 1 aromatic heterocycles. The monoisotopic (exact) mass is 343 g/mol. The molecule has 2 amide bonds. The number of piperidine rings is 1. The van der Waals surface area contributed by atoms with Gasteiger partial charge in [-0.3, -0.25) is 9.59 Å². The number of nitrogens with one attached hydrogen (secondary N) is 1. The first-order valence-corrected chi connectivity index (χ1v) is 8.85. The Hall–Kier alpha value is -2.37. The van der Waals surface area contributed by atoms with Crippen molar-refractivity contribution >= 4 is 22.7 Å². The van der Waals surface area contributed by atoms with Crippen LogP contribution in [-0.4, -0.2) is 52.8 Å². The molecule has 1 N–H and O–H groups in total. The quantitative estimate of drug-likeness (QED) is 0.911. The second-order valence-electron chi connectivity index (χ2n) is 7.09. The summed E-state index contributed by atoms with van der Waals surface area (Å²) >= 11 is 0. The lowest BCUT2D eigenvalue weighted by molar-refractivity contribution is -0.141. The van der Waals surface area contributed by atoms with Crippen molar-refractivity contribution in [2.45, 2.75) is 37.6 Å². The Morgan fingerprint density at radius 1 is 1.24 bits per heavy atom. The van der Waals surface area contributed by atoms with Crippen LogP contribution in [0.3, 0.4) is 0 Å². The Bertz CT molecular complexity index is 823. The number of amides is 2. The van der Waals surface area contributed by atoms with Gasteiger partial charge in [-0.2, -0.15) is 0 Å². The lowest BCUT2D eigenvalue weighted by atomic mass is 9.89. The third-order valence-corrected chi connectivity index (χ3v) is 5.70. The SMILES string of the molecule is CN1C(=O)CCC1C(=O)N1CCC(c2c[nH]c3ccc(F)cc23)CC1. The smallest absolute Gasteiger partial charge is 0.245 e. The third kappa shape index (κ3) is 2.79.